The number of anilines is 1. The van der Waals surface area contributed by atoms with Crippen LogP contribution in [-0.4, -0.2) is 24.5 Å². The molecule has 1 rings (SSSR count). The lowest BCUT2D eigenvalue weighted by Crippen LogP contribution is -2.25. The quantitative estimate of drug-likeness (QED) is 0.706. The van der Waals surface area contributed by atoms with Gasteiger partial charge in [-0.3, -0.25) is 4.79 Å². The second kappa shape index (κ2) is 6.30. The van der Waals surface area contributed by atoms with E-state index >= 15 is 0 Å². The van der Waals surface area contributed by atoms with Gasteiger partial charge in [0.1, 0.15) is 0 Å². The molecule has 16 heavy (non-hydrogen) atoms. The van der Waals surface area contributed by atoms with Gasteiger partial charge < -0.3 is 20.2 Å². The molecule has 0 amide bonds. The standard InChI is InChI=1S/C11H18N2O3/c1-3-15-10(16-4-2)7-8-9(12)5-6-13-11(8)14/h5-6,10H,3-4,7H2,1-2H3,(H3,12,13,14). The smallest absolute Gasteiger partial charge is 0.253 e. The van der Waals surface area contributed by atoms with Gasteiger partial charge in [-0.15, -0.1) is 0 Å². The summed E-state index contributed by atoms with van der Waals surface area (Å²) in [6.45, 7) is 4.83. The molecule has 0 aromatic carbocycles. The lowest BCUT2D eigenvalue weighted by atomic mass is 10.1. The van der Waals surface area contributed by atoms with Gasteiger partial charge in [0, 0.05) is 37.1 Å². The number of nitrogen functional groups attached to an aromatic ring is 1. The van der Waals surface area contributed by atoms with Crippen molar-refractivity contribution in [3.05, 3.63) is 28.2 Å². The van der Waals surface area contributed by atoms with Gasteiger partial charge >= 0.3 is 0 Å². The Kier molecular flexibility index (Phi) is 5.01. The van der Waals surface area contributed by atoms with Crippen molar-refractivity contribution in [2.24, 2.45) is 0 Å². The maximum atomic E-state index is 11.5. The topological polar surface area (TPSA) is 77.3 Å². The fourth-order valence-electron chi connectivity index (χ4n) is 1.44. The maximum Gasteiger partial charge on any atom is 0.253 e. The third-order valence-electron chi connectivity index (χ3n) is 2.18. The minimum Gasteiger partial charge on any atom is -0.398 e. The second-order valence-corrected chi connectivity index (χ2v) is 3.29. The van der Waals surface area contributed by atoms with Crippen molar-refractivity contribution >= 4 is 5.69 Å². The number of ether oxygens (including phenoxy) is 2. The van der Waals surface area contributed by atoms with Crippen molar-refractivity contribution in [1.29, 1.82) is 0 Å². The molecule has 0 bridgehead atoms. The van der Waals surface area contributed by atoms with E-state index in [9.17, 15) is 4.79 Å². The van der Waals surface area contributed by atoms with Gasteiger partial charge in [0.15, 0.2) is 6.29 Å². The molecule has 5 heteroatoms. The predicted molar refractivity (Wildman–Crippen MR) is 62.2 cm³/mol. The zero-order valence-corrected chi connectivity index (χ0v) is 9.66. The average Bonchev–Trinajstić information content (AvgIpc) is 2.24. The Labute approximate surface area is 94.6 Å². The number of H-pyrrole nitrogens is 1. The van der Waals surface area contributed by atoms with Gasteiger partial charge in [0.2, 0.25) is 0 Å². The van der Waals surface area contributed by atoms with Crippen LogP contribution in [0.15, 0.2) is 17.1 Å². The van der Waals surface area contributed by atoms with Gasteiger partial charge in [-0.05, 0) is 19.9 Å². The number of hydrogen-bond donors (Lipinski definition) is 2. The molecule has 1 aromatic heterocycles. The van der Waals surface area contributed by atoms with Crippen LogP contribution in [0, 0.1) is 0 Å². The van der Waals surface area contributed by atoms with E-state index in [0.717, 1.165) is 0 Å². The molecule has 3 N–H and O–H groups in total. The third-order valence-corrected chi connectivity index (χ3v) is 2.18. The molecular weight excluding hydrogens is 208 g/mol. The molecule has 0 aliphatic carbocycles. The van der Waals surface area contributed by atoms with Crippen LogP contribution in [0.2, 0.25) is 0 Å². The van der Waals surface area contributed by atoms with Crippen molar-refractivity contribution in [2.45, 2.75) is 26.6 Å². The molecule has 0 aliphatic rings. The van der Waals surface area contributed by atoms with Gasteiger partial charge in [0.05, 0.1) is 0 Å². The third kappa shape index (κ3) is 3.36. The van der Waals surface area contributed by atoms with E-state index in [2.05, 4.69) is 4.98 Å². The molecule has 5 nitrogen and oxygen atoms in total. The molecule has 0 spiro atoms. The van der Waals surface area contributed by atoms with E-state index in [1.807, 2.05) is 13.8 Å². The highest BCUT2D eigenvalue weighted by atomic mass is 16.7. The molecule has 0 fully saturated rings. The van der Waals surface area contributed by atoms with Gasteiger partial charge in [-0.2, -0.15) is 0 Å². The molecule has 1 aromatic rings. The largest absolute Gasteiger partial charge is 0.398 e. The Bertz CT molecular complexity index is 370. The van der Waals surface area contributed by atoms with E-state index in [-0.39, 0.29) is 5.56 Å². The van der Waals surface area contributed by atoms with Crippen molar-refractivity contribution < 1.29 is 9.47 Å². The predicted octanol–water partition coefficient (Wildman–Crippen LogP) is 0.899. The van der Waals surface area contributed by atoms with Crippen LogP contribution >= 0.6 is 0 Å². The van der Waals surface area contributed by atoms with Gasteiger partial charge in [0.25, 0.3) is 5.56 Å². The van der Waals surface area contributed by atoms with E-state index in [0.29, 0.717) is 30.9 Å². The average molecular weight is 226 g/mol. The maximum absolute atomic E-state index is 11.5. The Morgan fingerprint density at radius 1 is 1.38 bits per heavy atom. The number of nitrogens with one attached hydrogen (secondary N) is 1. The van der Waals surface area contributed by atoms with Crippen molar-refractivity contribution in [3.8, 4) is 0 Å². The molecular formula is C11H18N2O3. The number of nitrogens with two attached hydrogens (primary N) is 1. The van der Waals surface area contributed by atoms with E-state index < -0.39 is 6.29 Å². The summed E-state index contributed by atoms with van der Waals surface area (Å²) in [6, 6.07) is 1.66. The summed E-state index contributed by atoms with van der Waals surface area (Å²) in [4.78, 5) is 14.1. The number of pyridine rings is 1. The summed E-state index contributed by atoms with van der Waals surface area (Å²) in [5.74, 6) is 0. The zero-order chi connectivity index (χ0) is 12.0. The van der Waals surface area contributed by atoms with Crippen molar-refractivity contribution in [2.75, 3.05) is 18.9 Å². The first-order valence-corrected chi connectivity index (χ1v) is 5.38. The molecule has 90 valence electrons. The number of hydrogen-bond acceptors (Lipinski definition) is 4. The van der Waals surface area contributed by atoms with E-state index in [1.165, 1.54) is 6.20 Å². The number of rotatable bonds is 6. The highest BCUT2D eigenvalue weighted by Gasteiger charge is 2.13. The summed E-state index contributed by atoms with van der Waals surface area (Å²) in [6.07, 6.45) is 1.47. The highest BCUT2D eigenvalue weighted by molar-refractivity contribution is 5.44. The fraction of sp³-hybridized carbons (Fsp3) is 0.545. The first kappa shape index (κ1) is 12.7. The normalized spacial score (nSPS) is 10.9. The number of aromatic nitrogens is 1. The molecule has 1 heterocycles. The van der Waals surface area contributed by atoms with Crippen LogP contribution in [0.25, 0.3) is 0 Å². The molecule has 0 unspecified atom stereocenters. The molecule has 0 saturated carbocycles. The summed E-state index contributed by atoms with van der Waals surface area (Å²) in [7, 11) is 0. The van der Waals surface area contributed by atoms with Crippen LogP contribution in [0.3, 0.4) is 0 Å². The fourth-order valence-corrected chi connectivity index (χ4v) is 1.44. The summed E-state index contributed by atoms with van der Waals surface area (Å²) < 4.78 is 10.7. The van der Waals surface area contributed by atoms with Crippen molar-refractivity contribution in [1.82, 2.24) is 4.98 Å². The Balaban J connectivity index is 2.80. The minimum atomic E-state index is -0.416. The summed E-state index contributed by atoms with van der Waals surface area (Å²) >= 11 is 0. The first-order chi connectivity index (χ1) is 7.69. The van der Waals surface area contributed by atoms with E-state index in [1.54, 1.807) is 6.07 Å². The number of aromatic amines is 1. The Morgan fingerprint density at radius 2 is 2.00 bits per heavy atom. The highest BCUT2D eigenvalue weighted by Crippen LogP contribution is 2.10. The minimum absolute atomic E-state index is 0.190. The van der Waals surface area contributed by atoms with Crippen molar-refractivity contribution in [3.63, 3.8) is 0 Å². The molecule has 0 atom stereocenters. The molecule has 0 radical (unpaired) electrons. The van der Waals surface area contributed by atoms with Crippen LogP contribution in [0.1, 0.15) is 19.4 Å². The van der Waals surface area contributed by atoms with Crippen LogP contribution in [-0.2, 0) is 15.9 Å². The van der Waals surface area contributed by atoms with Gasteiger partial charge in [-0.1, -0.05) is 0 Å². The Morgan fingerprint density at radius 3 is 2.50 bits per heavy atom. The zero-order valence-electron chi connectivity index (χ0n) is 9.66. The Hall–Kier alpha value is -1.33. The SMILES string of the molecule is CCOC(Cc1c(N)cc[nH]c1=O)OCC. The lowest BCUT2D eigenvalue weighted by molar-refractivity contribution is -0.134. The second-order valence-electron chi connectivity index (χ2n) is 3.29. The summed E-state index contributed by atoms with van der Waals surface area (Å²) in [5, 5.41) is 0. The monoisotopic (exact) mass is 226 g/mol. The lowest BCUT2D eigenvalue weighted by Gasteiger charge is -2.17. The molecule has 0 aliphatic heterocycles. The molecule has 0 saturated heterocycles. The van der Waals surface area contributed by atoms with Gasteiger partial charge in [-0.25, -0.2) is 0 Å². The van der Waals surface area contributed by atoms with Crippen LogP contribution in [0.5, 0.6) is 0 Å². The van der Waals surface area contributed by atoms with Crippen LogP contribution in [0.4, 0.5) is 5.69 Å². The van der Waals surface area contributed by atoms with E-state index in [4.69, 9.17) is 15.2 Å². The first-order valence-electron chi connectivity index (χ1n) is 5.38. The van der Waals surface area contributed by atoms with Crippen LogP contribution < -0.4 is 11.3 Å². The summed E-state index contributed by atoms with van der Waals surface area (Å²) in [5.41, 5.74) is 6.52.